The normalized spacial score (nSPS) is 19.0. The minimum Gasteiger partial charge on any atom is -0.382 e. The van der Waals surface area contributed by atoms with Crippen LogP contribution in [0.25, 0.3) is 0 Å². The number of ether oxygens (including phenoxy) is 1. The van der Waals surface area contributed by atoms with E-state index in [1.165, 1.54) is 32.2 Å². The quantitative estimate of drug-likeness (QED) is 0.218. The molecule has 0 aromatic carbocycles. The van der Waals surface area contributed by atoms with E-state index in [0.29, 0.717) is 0 Å². The molecule has 1 aliphatic rings. The van der Waals surface area contributed by atoms with Crippen LogP contribution in [0.1, 0.15) is 59.3 Å². The van der Waals surface area contributed by atoms with Crippen molar-refractivity contribution in [3.05, 3.63) is 0 Å². The number of halogens is 1. The number of aliphatic imine (C=N–C) groups is 1. The molecule has 1 saturated heterocycles. The molecule has 2 N–H and O–H groups in total. The fraction of sp³-hybridized carbons (Fsp3) is 0.944. The molecule has 1 heterocycles. The highest BCUT2D eigenvalue weighted by Crippen LogP contribution is 2.18. The van der Waals surface area contributed by atoms with Gasteiger partial charge in [-0.2, -0.15) is 0 Å². The number of likely N-dealkylation sites (tertiary alicyclic amines) is 1. The van der Waals surface area contributed by atoms with Crippen molar-refractivity contribution in [2.24, 2.45) is 4.99 Å². The Morgan fingerprint density at radius 2 is 2.00 bits per heavy atom. The van der Waals surface area contributed by atoms with E-state index in [4.69, 9.17) is 4.74 Å². The van der Waals surface area contributed by atoms with Crippen LogP contribution in [0.5, 0.6) is 0 Å². The molecule has 0 bridgehead atoms. The molecule has 1 fully saturated rings. The number of nitrogens with zero attached hydrogens (tertiary/aromatic N) is 2. The zero-order valence-corrected chi connectivity index (χ0v) is 18.3. The largest absolute Gasteiger partial charge is 0.382 e. The van der Waals surface area contributed by atoms with E-state index in [0.717, 1.165) is 64.2 Å². The minimum atomic E-state index is 0. The standard InChI is InChI=1S/C18H38N4O.HI/c1-4-17-11-7-9-14-22(17)15-13-21-18(19-5-2)20-12-8-10-16-23-6-3;/h17H,4-16H2,1-3H3,(H2,19,20,21);1H. The van der Waals surface area contributed by atoms with Crippen molar-refractivity contribution in [2.75, 3.05) is 45.9 Å². The molecule has 0 amide bonds. The SMILES string of the molecule is CCNC(=NCCCCOCC)NCCN1CCCCC1CC.I. The maximum Gasteiger partial charge on any atom is 0.191 e. The molecule has 0 aromatic heterocycles. The first-order valence-corrected chi connectivity index (χ1v) is 9.65. The van der Waals surface area contributed by atoms with E-state index in [2.05, 4.69) is 34.4 Å². The average molecular weight is 454 g/mol. The fourth-order valence-corrected chi connectivity index (χ4v) is 3.13. The zero-order valence-electron chi connectivity index (χ0n) is 16.0. The first-order valence-electron chi connectivity index (χ1n) is 9.65. The van der Waals surface area contributed by atoms with Gasteiger partial charge in [0.05, 0.1) is 0 Å². The molecule has 0 spiro atoms. The van der Waals surface area contributed by atoms with Crippen molar-refractivity contribution in [2.45, 2.75) is 65.3 Å². The van der Waals surface area contributed by atoms with Gasteiger partial charge in [-0.25, -0.2) is 0 Å². The topological polar surface area (TPSA) is 48.9 Å². The summed E-state index contributed by atoms with van der Waals surface area (Å²) in [6.07, 6.45) is 7.56. The third kappa shape index (κ3) is 10.7. The Hall–Kier alpha value is -0.0800. The lowest BCUT2D eigenvalue weighted by molar-refractivity contribution is 0.144. The minimum absolute atomic E-state index is 0. The van der Waals surface area contributed by atoms with Crippen molar-refractivity contribution < 1.29 is 4.74 Å². The highest BCUT2D eigenvalue weighted by Gasteiger charge is 2.19. The summed E-state index contributed by atoms with van der Waals surface area (Å²) in [7, 11) is 0. The van der Waals surface area contributed by atoms with Crippen LogP contribution in [0.4, 0.5) is 0 Å². The molecule has 1 unspecified atom stereocenters. The van der Waals surface area contributed by atoms with E-state index in [9.17, 15) is 0 Å². The van der Waals surface area contributed by atoms with Crippen LogP contribution in [-0.4, -0.2) is 62.8 Å². The second-order valence-electron chi connectivity index (χ2n) is 6.19. The number of piperidine rings is 1. The van der Waals surface area contributed by atoms with Gasteiger partial charge in [0.1, 0.15) is 0 Å². The highest BCUT2D eigenvalue weighted by molar-refractivity contribution is 14.0. The van der Waals surface area contributed by atoms with Crippen molar-refractivity contribution >= 4 is 29.9 Å². The van der Waals surface area contributed by atoms with E-state index in [1.54, 1.807) is 0 Å². The Labute approximate surface area is 166 Å². The summed E-state index contributed by atoms with van der Waals surface area (Å²) in [5.41, 5.74) is 0. The van der Waals surface area contributed by atoms with Crippen LogP contribution >= 0.6 is 24.0 Å². The summed E-state index contributed by atoms with van der Waals surface area (Å²) < 4.78 is 5.36. The second-order valence-corrected chi connectivity index (χ2v) is 6.19. The molecule has 5 nitrogen and oxygen atoms in total. The number of hydrogen-bond acceptors (Lipinski definition) is 3. The van der Waals surface area contributed by atoms with Gasteiger partial charge in [0.2, 0.25) is 0 Å². The maximum atomic E-state index is 5.36. The van der Waals surface area contributed by atoms with Gasteiger partial charge in [0.25, 0.3) is 0 Å². The Morgan fingerprint density at radius 3 is 2.71 bits per heavy atom. The van der Waals surface area contributed by atoms with Crippen molar-refractivity contribution in [1.82, 2.24) is 15.5 Å². The summed E-state index contributed by atoms with van der Waals surface area (Å²) in [4.78, 5) is 7.29. The Kier molecular flexibility index (Phi) is 16.3. The van der Waals surface area contributed by atoms with E-state index in [1.807, 2.05) is 6.92 Å². The summed E-state index contributed by atoms with van der Waals surface area (Å²) in [5.74, 6) is 0.953. The van der Waals surface area contributed by atoms with Crippen LogP contribution in [-0.2, 0) is 4.74 Å². The van der Waals surface area contributed by atoms with E-state index >= 15 is 0 Å². The van der Waals surface area contributed by atoms with Crippen LogP contribution in [0.2, 0.25) is 0 Å². The lowest BCUT2D eigenvalue weighted by Gasteiger charge is -2.35. The van der Waals surface area contributed by atoms with Crippen molar-refractivity contribution in [3.8, 4) is 0 Å². The molecule has 144 valence electrons. The lowest BCUT2D eigenvalue weighted by atomic mass is 10.0. The van der Waals surface area contributed by atoms with Gasteiger partial charge in [-0.15, -0.1) is 24.0 Å². The molecule has 0 radical (unpaired) electrons. The third-order valence-corrected chi connectivity index (χ3v) is 4.43. The Morgan fingerprint density at radius 1 is 1.17 bits per heavy atom. The van der Waals surface area contributed by atoms with Gasteiger partial charge >= 0.3 is 0 Å². The second kappa shape index (κ2) is 16.4. The van der Waals surface area contributed by atoms with Crippen molar-refractivity contribution in [3.63, 3.8) is 0 Å². The lowest BCUT2D eigenvalue weighted by Crippen LogP contribution is -2.46. The molecule has 1 aliphatic heterocycles. The summed E-state index contributed by atoms with van der Waals surface area (Å²) in [6.45, 7) is 13.2. The Bertz CT molecular complexity index is 315. The van der Waals surface area contributed by atoms with Gasteiger partial charge in [-0.05, 0) is 52.5 Å². The predicted molar refractivity (Wildman–Crippen MR) is 115 cm³/mol. The van der Waals surface area contributed by atoms with Crippen LogP contribution < -0.4 is 10.6 Å². The molecular weight excluding hydrogens is 415 g/mol. The van der Waals surface area contributed by atoms with Gasteiger partial charge in [0, 0.05) is 45.4 Å². The van der Waals surface area contributed by atoms with E-state index < -0.39 is 0 Å². The number of guanidine groups is 1. The molecule has 24 heavy (non-hydrogen) atoms. The highest BCUT2D eigenvalue weighted by atomic mass is 127. The molecule has 0 saturated carbocycles. The molecule has 6 heteroatoms. The average Bonchev–Trinajstić information content (AvgIpc) is 2.58. The number of nitrogens with one attached hydrogen (secondary N) is 2. The first-order chi connectivity index (χ1) is 11.3. The van der Waals surface area contributed by atoms with Crippen LogP contribution in [0.3, 0.4) is 0 Å². The first kappa shape index (κ1) is 23.9. The van der Waals surface area contributed by atoms with Gasteiger partial charge in [-0.3, -0.25) is 9.89 Å². The number of rotatable bonds is 11. The molecule has 0 aliphatic carbocycles. The van der Waals surface area contributed by atoms with Gasteiger partial charge in [0.15, 0.2) is 5.96 Å². The molecular formula is C18H39IN4O. The molecule has 1 atom stereocenters. The fourth-order valence-electron chi connectivity index (χ4n) is 3.13. The van der Waals surface area contributed by atoms with Gasteiger partial charge < -0.3 is 15.4 Å². The smallest absolute Gasteiger partial charge is 0.191 e. The zero-order chi connectivity index (χ0) is 16.8. The predicted octanol–water partition coefficient (Wildman–Crippen LogP) is 3.24. The third-order valence-electron chi connectivity index (χ3n) is 4.43. The monoisotopic (exact) mass is 454 g/mol. The molecule has 0 aromatic rings. The number of unbranched alkanes of at least 4 members (excludes halogenated alkanes) is 1. The summed E-state index contributed by atoms with van der Waals surface area (Å²) in [6, 6.07) is 0.781. The molecule has 1 rings (SSSR count). The number of hydrogen-bond donors (Lipinski definition) is 2. The maximum absolute atomic E-state index is 5.36. The summed E-state index contributed by atoms with van der Waals surface area (Å²) >= 11 is 0. The Balaban J connectivity index is 0.00000529. The van der Waals surface area contributed by atoms with Crippen LogP contribution in [0, 0.1) is 0 Å². The van der Waals surface area contributed by atoms with Crippen molar-refractivity contribution in [1.29, 1.82) is 0 Å². The summed E-state index contributed by atoms with van der Waals surface area (Å²) in [5, 5.41) is 6.82. The van der Waals surface area contributed by atoms with Crippen LogP contribution in [0.15, 0.2) is 4.99 Å². The van der Waals surface area contributed by atoms with E-state index in [-0.39, 0.29) is 24.0 Å². The van der Waals surface area contributed by atoms with Gasteiger partial charge in [-0.1, -0.05) is 13.3 Å².